The third-order valence-corrected chi connectivity index (χ3v) is 2.10. The van der Waals surface area contributed by atoms with Crippen molar-refractivity contribution in [1.29, 1.82) is 0 Å². The average Bonchev–Trinajstić information content (AvgIpc) is 2.88. The van der Waals surface area contributed by atoms with Gasteiger partial charge >= 0.3 is 5.97 Å². The minimum Gasteiger partial charge on any atom is -0.476 e. The van der Waals surface area contributed by atoms with Crippen LogP contribution in [0.5, 0.6) is 0 Å². The number of nitrogens with zero attached hydrogens (tertiary/aromatic N) is 3. The summed E-state index contributed by atoms with van der Waals surface area (Å²) in [5.41, 5.74) is 0.983. The molecule has 0 aliphatic heterocycles. The van der Waals surface area contributed by atoms with Crippen molar-refractivity contribution >= 4 is 12.0 Å². The summed E-state index contributed by atoms with van der Waals surface area (Å²) in [6.07, 6.45) is 4.79. The van der Waals surface area contributed by atoms with Crippen molar-refractivity contribution in [3.8, 4) is 0 Å². The SMILES string of the molecule is Cc1cnn(CCNc2nc(C(=O)O)co2)c1. The maximum Gasteiger partial charge on any atom is 0.357 e. The van der Waals surface area contributed by atoms with E-state index in [2.05, 4.69) is 15.4 Å². The fraction of sp³-hybridized carbons (Fsp3) is 0.300. The first-order valence-corrected chi connectivity index (χ1v) is 5.07. The lowest BCUT2D eigenvalue weighted by Gasteiger charge is -2.01. The number of carboxylic acids is 1. The minimum atomic E-state index is -1.11. The van der Waals surface area contributed by atoms with Gasteiger partial charge in [-0.05, 0) is 12.5 Å². The summed E-state index contributed by atoms with van der Waals surface area (Å²) in [6, 6.07) is 0.200. The van der Waals surface area contributed by atoms with Crippen molar-refractivity contribution in [2.24, 2.45) is 0 Å². The lowest BCUT2D eigenvalue weighted by molar-refractivity contribution is 0.0690. The van der Waals surface area contributed by atoms with Gasteiger partial charge in [-0.1, -0.05) is 0 Å². The molecular formula is C10H12N4O3. The Morgan fingerprint density at radius 2 is 2.47 bits per heavy atom. The Morgan fingerprint density at radius 1 is 1.65 bits per heavy atom. The van der Waals surface area contributed by atoms with Crippen LogP contribution in [0.15, 0.2) is 23.1 Å². The van der Waals surface area contributed by atoms with Crippen LogP contribution in [0.25, 0.3) is 0 Å². The van der Waals surface area contributed by atoms with Crippen LogP contribution >= 0.6 is 0 Å². The van der Waals surface area contributed by atoms with E-state index in [1.165, 1.54) is 0 Å². The third kappa shape index (κ3) is 2.83. The largest absolute Gasteiger partial charge is 0.476 e. The number of carbonyl (C=O) groups is 1. The molecule has 0 atom stereocenters. The van der Waals surface area contributed by atoms with Crippen LogP contribution in [0, 0.1) is 6.92 Å². The van der Waals surface area contributed by atoms with Gasteiger partial charge < -0.3 is 14.8 Å². The molecule has 0 aliphatic rings. The zero-order valence-corrected chi connectivity index (χ0v) is 9.25. The van der Waals surface area contributed by atoms with Crippen molar-refractivity contribution in [2.75, 3.05) is 11.9 Å². The Kier molecular flexibility index (Phi) is 3.08. The van der Waals surface area contributed by atoms with E-state index in [4.69, 9.17) is 9.52 Å². The molecule has 0 saturated heterocycles. The fourth-order valence-corrected chi connectivity index (χ4v) is 1.32. The van der Waals surface area contributed by atoms with E-state index < -0.39 is 5.97 Å². The predicted molar refractivity (Wildman–Crippen MR) is 58.9 cm³/mol. The van der Waals surface area contributed by atoms with Gasteiger partial charge in [0.25, 0.3) is 6.01 Å². The number of oxazole rings is 1. The summed E-state index contributed by atoms with van der Waals surface area (Å²) in [5.74, 6) is -1.11. The maximum atomic E-state index is 10.5. The lowest BCUT2D eigenvalue weighted by Crippen LogP contribution is -2.11. The highest BCUT2D eigenvalue weighted by atomic mass is 16.4. The number of aromatic carboxylic acids is 1. The third-order valence-electron chi connectivity index (χ3n) is 2.10. The number of carboxylic acid groups (broad SMARTS) is 1. The molecule has 0 amide bonds. The second-order valence-corrected chi connectivity index (χ2v) is 3.55. The summed E-state index contributed by atoms with van der Waals surface area (Å²) in [7, 11) is 0. The van der Waals surface area contributed by atoms with Crippen LogP contribution in [-0.4, -0.2) is 32.4 Å². The fourth-order valence-electron chi connectivity index (χ4n) is 1.32. The van der Waals surface area contributed by atoms with Gasteiger partial charge in [-0.25, -0.2) is 4.79 Å². The van der Waals surface area contributed by atoms with Gasteiger partial charge in [0.15, 0.2) is 5.69 Å². The molecule has 0 aromatic carbocycles. The standard InChI is InChI=1S/C10H12N4O3/c1-7-4-12-14(5-7)3-2-11-10-13-8(6-17-10)9(15)16/h4-6H,2-3H2,1H3,(H,11,13)(H,15,16). The number of aromatic nitrogens is 3. The number of rotatable bonds is 5. The van der Waals surface area contributed by atoms with Gasteiger partial charge in [0.05, 0.1) is 12.7 Å². The minimum absolute atomic E-state index is 0.109. The van der Waals surface area contributed by atoms with Gasteiger partial charge in [-0.15, -0.1) is 0 Å². The Bertz CT molecular complexity index is 517. The highest BCUT2D eigenvalue weighted by Crippen LogP contribution is 2.06. The lowest BCUT2D eigenvalue weighted by atomic mass is 10.4. The number of anilines is 1. The van der Waals surface area contributed by atoms with Gasteiger partial charge in [0, 0.05) is 12.7 Å². The molecule has 90 valence electrons. The number of nitrogens with one attached hydrogen (secondary N) is 1. The highest BCUT2D eigenvalue weighted by Gasteiger charge is 2.09. The number of hydrogen-bond donors (Lipinski definition) is 2. The highest BCUT2D eigenvalue weighted by molar-refractivity contribution is 5.85. The van der Waals surface area contributed by atoms with E-state index in [1.54, 1.807) is 10.9 Å². The van der Waals surface area contributed by atoms with E-state index in [0.717, 1.165) is 11.8 Å². The molecule has 0 unspecified atom stereocenters. The molecule has 2 heterocycles. The summed E-state index contributed by atoms with van der Waals surface area (Å²) in [5, 5.41) is 15.6. The molecule has 2 aromatic rings. The van der Waals surface area contributed by atoms with E-state index in [9.17, 15) is 4.79 Å². The van der Waals surface area contributed by atoms with Gasteiger partial charge in [-0.2, -0.15) is 10.1 Å². The Labute approximate surface area is 97.1 Å². The van der Waals surface area contributed by atoms with Crippen molar-refractivity contribution in [2.45, 2.75) is 13.5 Å². The van der Waals surface area contributed by atoms with Crippen LogP contribution in [0.3, 0.4) is 0 Å². The number of hydrogen-bond acceptors (Lipinski definition) is 5. The second kappa shape index (κ2) is 4.69. The quantitative estimate of drug-likeness (QED) is 0.804. The molecule has 2 N–H and O–H groups in total. The van der Waals surface area contributed by atoms with E-state index in [-0.39, 0.29) is 11.7 Å². The Balaban J connectivity index is 1.83. The molecule has 0 spiro atoms. The second-order valence-electron chi connectivity index (χ2n) is 3.55. The van der Waals surface area contributed by atoms with Crippen molar-refractivity contribution in [3.05, 3.63) is 29.9 Å². The molecular weight excluding hydrogens is 224 g/mol. The topological polar surface area (TPSA) is 93.2 Å². The zero-order chi connectivity index (χ0) is 12.3. The first-order chi connectivity index (χ1) is 8.15. The molecule has 0 aliphatic carbocycles. The van der Waals surface area contributed by atoms with Crippen LogP contribution in [-0.2, 0) is 6.54 Å². The van der Waals surface area contributed by atoms with E-state index in [1.807, 2.05) is 13.1 Å². The molecule has 7 nitrogen and oxygen atoms in total. The van der Waals surface area contributed by atoms with Gasteiger partial charge in [0.1, 0.15) is 6.26 Å². The molecule has 7 heteroatoms. The van der Waals surface area contributed by atoms with Crippen LogP contribution in [0.4, 0.5) is 6.01 Å². The van der Waals surface area contributed by atoms with Gasteiger partial charge in [0.2, 0.25) is 0 Å². The molecule has 17 heavy (non-hydrogen) atoms. The smallest absolute Gasteiger partial charge is 0.357 e. The zero-order valence-electron chi connectivity index (χ0n) is 9.25. The molecule has 2 rings (SSSR count). The molecule has 0 bridgehead atoms. The first kappa shape index (κ1) is 11.2. The van der Waals surface area contributed by atoms with Crippen molar-refractivity contribution < 1.29 is 14.3 Å². The predicted octanol–water partition coefficient (Wildman–Crippen LogP) is 0.990. The monoisotopic (exact) mass is 236 g/mol. The van der Waals surface area contributed by atoms with Crippen LogP contribution in [0.1, 0.15) is 16.1 Å². The van der Waals surface area contributed by atoms with Crippen molar-refractivity contribution in [3.63, 3.8) is 0 Å². The average molecular weight is 236 g/mol. The summed E-state index contributed by atoms with van der Waals surface area (Å²) in [6.45, 7) is 3.17. The van der Waals surface area contributed by atoms with Crippen molar-refractivity contribution in [1.82, 2.24) is 14.8 Å². The van der Waals surface area contributed by atoms with Crippen LogP contribution < -0.4 is 5.32 Å². The summed E-state index contributed by atoms with van der Waals surface area (Å²) >= 11 is 0. The Hall–Kier alpha value is -2.31. The van der Waals surface area contributed by atoms with E-state index >= 15 is 0 Å². The molecule has 0 fully saturated rings. The molecule has 0 saturated carbocycles. The van der Waals surface area contributed by atoms with E-state index in [0.29, 0.717) is 13.1 Å². The Morgan fingerprint density at radius 3 is 3.06 bits per heavy atom. The maximum absolute atomic E-state index is 10.5. The van der Waals surface area contributed by atoms with Crippen LogP contribution in [0.2, 0.25) is 0 Å². The van der Waals surface area contributed by atoms with Gasteiger partial charge in [-0.3, -0.25) is 4.68 Å². The normalized spacial score (nSPS) is 10.4. The molecule has 2 aromatic heterocycles. The first-order valence-electron chi connectivity index (χ1n) is 5.07. The summed E-state index contributed by atoms with van der Waals surface area (Å²) in [4.78, 5) is 14.3. The summed E-state index contributed by atoms with van der Waals surface area (Å²) < 4.78 is 6.72. The molecule has 0 radical (unpaired) electrons. The number of aryl methyl sites for hydroxylation is 1.